The van der Waals surface area contributed by atoms with Crippen molar-refractivity contribution in [1.29, 1.82) is 0 Å². The summed E-state index contributed by atoms with van der Waals surface area (Å²) < 4.78 is 13.3. The van der Waals surface area contributed by atoms with E-state index in [1.807, 2.05) is 0 Å². The molecular weight excluding hydrogens is 279 g/mol. The highest BCUT2D eigenvalue weighted by Crippen LogP contribution is 2.07. The normalized spacial score (nSPS) is 13.3. The van der Waals surface area contributed by atoms with Gasteiger partial charge in [-0.25, -0.2) is 9.18 Å². The summed E-state index contributed by atoms with van der Waals surface area (Å²) in [6.07, 6.45) is -0.131. The Morgan fingerprint density at radius 3 is 2.57 bits per heavy atom. The molecule has 2 amide bonds. The molecule has 1 atom stereocenters. The number of carbonyl (C=O) groups is 2. The van der Waals surface area contributed by atoms with Crippen LogP contribution in [0.4, 0.5) is 9.18 Å². The number of hydrogen-bond acceptors (Lipinski definition) is 3. The molecule has 0 aliphatic heterocycles. The van der Waals surface area contributed by atoms with Gasteiger partial charge in [-0.2, -0.15) is 0 Å². The van der Waals surface area contributed by atoms with E-state index in [4.69, 9.17) is 5.11 Å². The van der Waals surface area contributed by atoms with Gasteiger partial charge in [0.2, 0.25) is 0 Å². The number of aliphatic hydroxyl groups is 1. The number of carboxylic acids is 1. The average Bonchev–Trinajstić information content (AvgIpc) is 2.37. The summed E-state index contributed by atoms with van der Waals surface area (Å²) in [6.45, 7) is 1.36. The van der Waals surface area contributed by atoms with Crippen molar-refractivity contribution < 1.29 is 24.2 Å². The molecule has 1 rings (SSSR count). The zero-order valence-corrected chi connectivity index (χ0v) is 11.7. The van der Waals surface area contributed by atoms with Crippen LogP contribution in [0.3, 0.4) is 0 Å². The molecule has 0 saturated carbocycles. The van der Waals surface area contributed by atoms with E-state index in [0.717, 1.165) is 0 Å². The minimum atomic E-state index is -1.52. The number of halogens is 1. The summed E-state index contributed by atoms with van der Waals surface area (Å²) in [6, 6.07) is 5.73. The lowest BCUT2D eigenvalue weighted by Gasteiger charge is -2.21. The first-order valence-electron chi connectivity index (χ1n) is 6.49. The number of benzene rings is 1. The van der Waals surface area contributed by atoms with Crippen molar-refractivity contribution in [2.75, 3.05) is 13.1 Å². The number of aliphatic carboxylic acids is 1. The highest BCUT2D eigenvalue weighted by molar-refractivity contribution is 5.74. The van der Waals surface area contributed by atoms with Gasteiger partial charge < -0.3 is 20.8 Å². The molecule has 0 saturated heterocycles. The third-order valence-corrected chi connectivity index (χ3v) is 2.80. The van der Waals surface area contributed by atoms with Crippen LogP contribution in [-0.4, -0.2) is 40.9 Å². The first kappa shape index (κ1) is 16.9. The Morgan fingerprint density at radius 2 is 1.95 bits per heavy atom. The van der Waals surface area contributed by atoms with Crippen LogP contribution in [0.1, 0.15) is 18.9 Å². The van der Waals surface area contributed by atoms with Gasteiger partial charge in [-0.05, 0) is 25.0 Å². The van der Waals surface area contributed by atoms with Gasteiger partial charge in [-0.3, -0.25) is 4.79 Å². The number of rotatable bonds is 7. The van der Waals surface area contributed by atoms with Gasteiger partial charge in [0.25, 0.3) is 0 Å². The molecule has 0 aliphatic carbocycles. The third-order valence-electron chi connectivity index (χ3n) is 2.80. The molecule has 0 aliphatic rings. The summed E-state index contributed by atoms with van der Waals surface area (Å²) in [7, 11) is 0. The predicted molar refractivity (Wildman–Crippen MR) is 74.4 cm³/mol. The Labute approximate surface area is 122 Å². The minimum absolute atomic E-state index is 0.190. The van der Waals surface area contributed by atoms with E-state index in [-0.39, 0.29) is 18.9 Å². The maximum atomic E-state index is 13.3. The number of carbonyl (C=O) groups excluding carboxylic acids is 1. The van der Waals surface area contributed by atoms with E-state index in [1.165, 1.54) is 13.0 Å². The Morgan fingerprint density at radius 1 is 1.29 bits per heavy atom. The second kappa shape index (κ2) is 7.58. The van der Waals surface area contributed by atoms with E-state index >= 15 is 0 Å². The van der Waals surface area contributed by atoms with Gasteiger partial charge in [0.05, 0.1) is 12.0 Å². The van der Waals surface area contributed by atoms with Crippen LogP contribution in [0, 0.1) is 5.82 Å². The predicted octanol–water partition coefficient (Wildman–Crippen LogP) is 0.893. The summed E-state index contributed by atoms with van der Waals surface area (Å²) in [5.41, 5.74) is -1.02. The van der Waals surface area contributed by atoms with Crippen LogP contribution >= 0.6 is 0 Å². The fourth-order valence-electron chi connectivity index (χ4n) is 1.73. The monoisotopic (exact) mass is 298 g/mol. The van der Waals surface area contributed by atoms with Crippen molar-refractivity contribution in [1.82, 2.24) is 10.6 Å². The second-order valence-electron chi connectivity index (χ2n) is 5.02. The Bertz CT molecular complexity index is 506. The van der Waals surface area contributed by atoms with Gasteiger partial charge in [0.15, 0.2) is 0 Å². The van der Waals surface area contributed by atoms with Gasteiger partial charge in [0, 0.05) is 13.1 Å². The van der Waals surface area contributed by atoms with Crippen LogP contribution in [0.25, 0.3) is 0 Å². The highest BCUT2D eigenvalue weighted by atomic mass is 19.1. The molecular formula is C14H19FN2O4. The Hall–Kier alpha value is -2.15. The van der Waals surface area contributed by atoms with Crippen molar-refractivity contribution in [2.24, 2.45) is 0 Å². The summed E-state index contributed by atoms with van der Waals surface area (Å²) in [5, 5.41) is 23.2. The van der Waals surface area contributed by atoms with Crippen molar-refractivity contribution in [3.63, 3.8) is 0 Å². The molecule has 0 spiro atoms. The Kier molecular flexibility index (Phi) is 6.10. The molecule has 0 aromatic heterocycles. The summed E-state index contributed by atoms with van der Waals surface area (Å²) in [5.74, 6) is -1.48. The molecule has 4 N–H and O–H groups in total. The standard InChI is InChI=1S/C14H19FN2O4/c1-14(21,8-12(18)19)9-17-13(20)16-7-6-10-4-2-3-5-11(10)15/h2-5,21H,6-9H2,1H3,(H,18,19)(H2,16,17,20). The Balaban J connectivity index is 2.29. The maximum Gasteiger partial charge on any atom is 0.314 e. The molecule has 0 radical (unpaired) electrons. The average molecular weight is 298 g/mol. The minimum Gasteiger partial charge on any atom is -0.481 e. The molecule has 7 heteroatoms. The van der Waals surface area contributed by atoms with Crippen LogP contribution in [0.5, 0.6) is 0 Å². The van der Waals surface area contributed by atoms with Gasteiger partial charge in [-0.15, -0.1) is 0 Å². The van der Waals surface area contributed by atoms with E-state index in [1.54, 1.807) is 18.2 Å². The number of amides is 2. The number of nitrogens with one attached hydrogen (secondary N) is 2. The lowest BCUT2D eigenvalue weighted by Crippen LogP contribution is -2.46. The van der Waals surface area contributed by atoms with Gasteiger partial charge in [0.1, 0.15) is 5.82 Å². The quantitative estimate of drug-likeness (QED) is 0.601. The number of hydrogen-bond donors (Lipinski definition) is 4. The second-order valence-corrected chi connectivity index (χ2v) is 5.02. The lowest BCUT2D eigenvalue weighted by molar-refractivity contribution is -0.141. The van der Waals surface area contributed by atoms with Gasteiger partial charge >= 0.3 is 12.0 Å². The van der Waals surface area contributed by atoms with E-state index in [9.17, 15) is 19.1 Å². The SMILES string of the molecule is CC(O)(CNC(=O)NCCc1ccccc1F)CC(=O)O. The zero-order valence-electron chi connectivity index (χ0n) is 11.7. The lowest BCUT2D eigenvalue weighted by atomic mass is 10.0. The highest BCUT2D eigenvalue weighted by Gasteiger charge is 2.24. The van der Waals surface area contributed by atoms with Crippen molar-refractivity contribution in [2.45, 2.75) is 25.4 Å². The zero-order chi connectivity index (χ0) is 15.9. The molecule has 116 valence electrons. The van der Waals surface area contributed by atoms with Crippen LogP contribution in [0.15, 0.2) is 24.3 Å². The number of carboxylic acid groups (broad SMARTS) is 1. The summed E-state index contributed by atoms with van der Waals surface area (Å²) in [4.78, 5) is 22.0. The molecule has 0 fully saturated rings. The molecule has 1 aromatic carbocycles. The smallest absolute Gasteiger partial charge is 0.314 e. The van der Waals surface area contributed by atoms with Crippen molar-refractivity contribution in [3.8, 4) is 0 Å². The van der Waals surface area contributed by atoms with E-state index in [2.05, 4.69) is 10.6 Å². The maximum absolute atomic E-state index is 13.3. The topological polar surface area (TPSA) is 98.7 Å². The van der Waals surface area contributed by atoms with E-state index < -0.39 is 24.0 Å². The first-order chi connectivity index (χ1) is 9.80. The largest absolute Gasteiger partial charge is 0.481 e. The van der Waals surface area contributed by atoms with Crippen LogP contribution in [-0.2, 0) is 11.2 Å². The van der Waals surface area contributed by atoms with Crippen LogP contribution < -0.4 is 10.6 Å². The first-order valence-corrected chi connectivity index (χ1v) is 6.49. The van der Waals surface area contributed by atoms with Crippen LogP contribution in [0.2, 0.25) is 0 Å². The molecule has 21 heavy (non-hydrogen) atoms. The molecule has 6 nitrogen and oxygen atoms in total. The molecule has 0 heterocycles. The fraction of sp³-hybridized carbons (Fsp3) is 0.429. The van der Waals surface area contributed by atoms with Gasteiger partial charge in [-0.1, -0.05) is 18.2 Å². The van der Waals surface area contributed by atoms with Crippen molar-refractivity contribution in [3.05, 3.63) is 35.6 Å². The third kappa shape index (κ3) is 6.71. The van der Waals surface area contributed by atoms with E-state index in [0.29, 0.717) is 12.0 Å². The molecule has 0 bridgehead atoms. The summed E-state index contributed by atoms with van der Waals surface area (Å²) >= 11 is 0. The fourth-order valence-corrected chi connectivity index (χ4v) is 1.73. The number of urea groups is 1. The molecule has 1 unspecified atom stereocenters. The van der Waals surface area contributed by atoms with Crippen molar-refractivity contribution >= 4 is 12.0 Å². The molecule has 1 aromatic rings.